The molecule has 6 nitrogen and oxygen atoms in total. The van der Waals surface area contributed by atoms with Crippen molar-refractivity contribution in [2.75, 3.05) is 7.11 Å². The van der Waals surface area contributed by atoms with Gasteiger partial charge in [0, 0.05) is 35.2 Å². The van der Waals surface area contributed by atoms with E-state index in [9.17, 15) is 14.3 Å². The summed E-state index contributed by atoms with van der Waals surface area (Å²) in [4.78, 5) is 14.7. The fraction of sp³-hybridized carbons (Fsp3) is 0.0588. The van der Waals surface area contributed by atoms with Gasteiger partial charge in [0.1, 0.15) is 23.1 Å². The first-order valence-corrected chi connectivity index (χ1v) is 6.85. The molecule has 0 unspecified atom stereocenters. The number of nitrogens with zero attached hydrogens (tertiary/aromatic N) is 1. The monoisotopic (exact) mass is 329 g/mol. The third kappa shape index (κ3) is 2.91. The molecule has 3 rings (SSSR count). The molecule has 0 saturated carbocycles. The van der Waals surface area contributed by atoms with Crippen molar-refractivity contribution in [2.45, 2.75) is 0 Å². The van der Waals surface area contributed by atoms with E-state index in [-0.39, 0.29) is 5.75 Å². The molecule has 24 heavy (non-hydrogen) atoms. The van der Waals surface area contributed by atoms with E-state index in [4.69, 9.17) is 14.6 Å². The van der Waals surface area contributed by atoms with Gasteiger partial charge in [0.05, 0.1) is 7.11 Å². The molecule has 0 aliphatic rings. The Labute approximate surface area is 135 Å². The minimum absolute atomic E-state index is 0.241. The summed E-state index contributed by atoms with van der Waals surface area (Å²) < 4.78 is 24.0. The van der Waals surface area contributed by atoms with E-state index in [1.54, 1.807) is 6.07 Å². The number of aromatic nitrogens is 1. The molecule has 7 heteroatoms. The van der Waals surface area contributed by atoms with Crippen LogP contribution < -0.4 is 9.47 Å². The largest absolute Gasteiger partial charge is 0.505 e. The first-order valence-electron chi connectivity index (χ1n) is 6.85. The maximum atomic E-state index is 13.5. The lowest BCUT2D eigenvalue weighted by atomic mass is 10.1. The van der Waals surface area contributed by atoms with E-state index in [0.717, 1.165) is 0 Å². The van der Waals surface area contributed by atoms with Gasteiger partial charge < -0.3 is 19.7 Å². The molecular formula is C17H12FNO5. The van der Waals surface area contributed by atoms with Crippen molar-refractivity contribution in [1.29, 1.82) is 0 Å². The van der Waals surface area contributed by atoms with Crippen LogP contribution >= 0.6 is 0 Å². The molecule has 2 aromatic carbocycles. The quantitative estimate of drug-likeness (QED) is 0.760. The third-order valence-corrected chi connectivity index (χ3v) is 3.35. The molecule has 0 amide bonds. The van der Waals surface area contributed by atoms with Crippen molar-refractivity contribution in [3.05, 3.63) is 54.1 Å². The summed E-state index contributed by atoms with van der Waals surface area (Å²) in [6.45, 7) is 0. The SMILES string of the molecule is COc1cc(F)cc(Oc2ccc3c(O)c(C(=O)O)ncc3c2)c1. The Balaban J connectivity index is 1.98. The first-order chi connectivity index (χ1) is 11.5. The van der Waals surface area contributed by atoms with Crippen LogP contribution in [0.4, 0.5) is 4.39 Å². The van der Waals surface area contributed by atoms with Gasteiger partial charge in [-0.25, -0.2) is 14.2 Å². The lowest BCUT2D eigenvalue weighted by Gasteiger charge is -2.09. The summed E-state index contributed by atoms with van der Waals surface area (Å²) in [6, 6.07) is 8.55. The molecule has 0 aliphatic heterocycles. The zero-order chi connectivity index (χ0) is 17.3. The van der Waals surface area contributed by atoms with Gasteiger partial charge in [-0.3, -0.25) is 0 Å². The van der Waals surface area contributed by atoms with E-state index in [1.165, 1.54) is 43.6 Å². The van der Waals surface area contributed by atoms with Crippen LogP contribution in [0, 0.1) is 5.82 Å². The molecule has 0 bridgehead atoms. The molecule has 0 saturated heterocycles. The van der Waals surface area contributed by atoms with Crippen molar-refractivity contribution < 1.29 is 28.9 Å². The van der Waals surface area contributed by atoms with Gasteiger partial charge in [-0.15, -0.1) is 0 Å². The van der Waals surface area contributed by atoms with Crippen molar-refractivity contribution >= 4 is 16.7 Å². The molecular weight excluding hydrogens is 317 g/mol. The number of halogens is 1. The molecule has 2 N–H and O–H groups in total. The highest BCUT2D eigenvalue weighted by molar-refractivity contribution is 5.98. The number of carbonyl (C=O) groups is 1. The molecule has 0 aliphatic carbocycles. The number of aromatic hydroxyl groups is 1. The number of carboxylic acids is 1. The Hall–Kier alpha value is -3.35. The molecule has 122 valence electrons. The Kier molecular flexibility index (Phi) is 3.91. The van der Waals surface area contributed by atoms with Crippen LogP contribution in [0.3, 0.4) is 0 Å². The fourth-order valence-electron chi connectivity index (χ4n) is 2.26. The number of aromatic carboxylic acids is 1. The average molecular weight is 329 g/mol. The standard InChI is InChI=1S/C17H12FNO5/c1-23-12-5-10(18)6-13(7-12)24-11-2-3-14-9(4-11)8-19-15(16(14)20)17(21)22/h2-8,20H,1H3,(H,21,22). The number of benzene rings is 2. The number of carboxylic acid groups (broad SMARTS) is 1. The predicted octanol–water partition coefficient (Wildman–Crippen LogP) is 3.58. The number of hydrogen-bond acceptors (Lipinski definition) is 5. The Morgan fingerprint density at radius 3 is 2.58 bits per heavy atom. The maximum Gasteiger partial charge on any atom is 0.358 e. The molecule has 0 spiro atoms. The molecule has 1 heterocycles. The van der Waals surface area contributed by atoms with Gasteiger partial charge >= 0.3 is 5.97 Å². The van der Waals surface area contributed by atoms with Crippen molar-refractivity contribution in [3.63, 3.8) is 0 Å². The normalized spacial score (nSPS) is 10.6. The predicted molar refractivity (Wildman–Crippen MR) is 83.4 cm³/mol. The van der Waals surface area contributed by atoms with Gasteiger partial charge in [-0.05, 0) is 18.2 Å². The minimum Gasteiger partial charge on any atom is -0.505 e. The highest BCUT2D eigenvalue weighted by Gasteiger charge is 2.15. The second-order valence-corrected chi connectivity index (χ2v) is 4.94. The zero-order valence-electron chi connectivity index (χ0n) is 12.5. The maximum absolute atomic E-state index is 13.5. The molecule has 3 aromatic rings. The summed E-state index contributed by atoms with van der Waals surface area (Å²) in [5.74, 6) is -1.31. The number of pyridine rings is 1. The van der Waals surface area contributed by atoms with Gasteiger partial charge in [-0.1, -0.05) is 0 Å². The molecule has 0 fully saturated rings. The van der Waals surface area contributed by atoms with Gasteiger partial charge in [0.15, 0.2) is 11.4 Å². The Bertz CT molecular complexity index is 942. The third-order valence-electron chi connectivity index (χ3n) is 3.35. The van der Waals surface area contributed by atoms with E-state index in [1.807, 2.05) is 0 Å². The lowest BCUT2D eigenvalue weighted by Crippen LogP contribution is -2.00. The highest BCUT2D eigenvalue weighted by Crippen LogP contribution is 2.32. The summed E-state index contributed by atoms with van der Waals surface area (Å²) in [6.07, 6.45) is 1.32. The van der Waals surface area contributed by atoms with E-state index in [0.29, 0.717) is 22.3 Å². The van der Waals surface area contributed by atoms with Gasteiger partial charge in [0.25, 0.3) is 0 Å². The van der Waals surface area contributed by atoms with Crippen molar-refractivity contribution in [3.8, 4) is 23.0 Å². The second-order valence-electron chi connectivity index (χ2n) is 4.94. The van der Waals surface area contributed by atoms with Crippen LogP contribution in [-0.4, -0.2) is 28.3 Å². The molecule has 1 aromatic heterocycles. The van der Waals surface area contributed by atoms with Crippen molar-refractivity contribution in [1.82, 2.24) is 4.98 Å². The number of rotatable bonds is 4. The smallest absolute Gasteiger partial charge is 0.358 e. The average Bonchev–Trinajstić information content (AvgIpc) is 2.54. The van der Waals surface area contributed by atoms with Crippen LogP contribution in [0.1, 0.15) is 10.5 Å². The Morgan fingerprint density at radius 2 is 1.88 bits per heavy atom. The van der Waals surface area contributed by atoms with Crippen LogP contribution in [0.25, 0.3) is 10.8 Å². The van der Waals surface area contributed by atoms with Gasteiger partial charge in [-0.2, -0.15) is 0 Å². The topological polar surface area (TPSA) is 88.9 Å². The zero-order valence-corrected chi connectivity index (χ0v) is 12.5. The van der Waals surface area contributed by atoms with Gasteiger partial charge in [0.2, 0.25) is 0 Å². The number of fused-ring (bicyclic) bond motifs is 1. The second kappa shape index (κ2) is 6.04. The van der Waals surface area contributed by atoms with Crippen LogP contribution in [0.2, 0.25) is 0 Å². The highest BCUT2D eigenvalue weighted by atomic mass is 19.1. The first kappa shape index (κ1) is 15.5. The fourth-order valence-corrected chi connectivity index (χ4v) is 2.26. The van der Waals surface area contributed by atoms with E-state index < -0.39 is 23.2 Å². The summed E-state index contributed by atoms with van der Waals surface area (Å²) in [5.41, 5.74) is -0.425. The minimum atomic E-state index is -1.32. The molecule has 0 radical (unpaired) electrons. The summed E-state index contributed by atoms with van der Waals surface area (Å²) >= 11 is 0. The van der Waals surface area contributed by atoms with E-state index >= 15 is 0 Å². The number of hydrogen-bond donors (Lipinski definition) is 2. The number of methoxy groups -OCH3 is 1. The van der Waals surface area contributed by atoms with Crippen molar-refractivity contribution in [2.24, 2.45) is 0 Å². The van der Waals surface area contributed by atoms with E-state index in [2.05, 4.69) is 4.98 Å². The van der Waals surface area contributed by atoms with Crippen LogP contribution in [0.15, 0.2) is 42.6 Å². The lowest BCUT2D eigenvalue weighted by molar-refractivity contribution is 0.0687. The Morgan fingerprint density at radius 1 is 1.12 bits per heavy atom. The number of ether oxygens (including phenoxy) is 2. The summed E-state index contributed by atoms with van der Waals surface area (Å²) in [7, 11) is 1.42. The van der Waals surface area contributed by atoms with Crippen LogP contribution in [-0.2, 0) is 0 Å². The van der Waals surface area contributed by atoms with Crippen LogP contribution in [0.5, 0.6) is 23.0 Å². The summed E-state index contributed by atoms with van der Waals surface area (Å²) in [5, 5.41) is 19.7. The molecule has 0 atom stereocenters.